The lowest BCUT2D eigenvalue weighted by atomic mass is 9.93. The summed E-state index contributed by atoms with van der Waals surface area (Å²) >= 11 is 6.36. The van der Waals surface area contributed by atoms with Gasteiger partial charge in [-0.1, -0.05) is 17.7 Å². The number of sulfonamides is 1. The van der Waals surface area contributed by atoms with Crippen LogP contribution in [0.3, 0.4) is 0 Å². The first kappa shape index (κ1) is 35.5. The lowest BCUT2D eigenvalue weighted by Gasteiger charge is -2.33. The van der Waals surface area contributed by atoms with Crippen molar-refractivity contribution in [3.8, 4) is 11.7 Å². The van der Waals surface area contributed by atoms with E-state index in [2.05, 4.69) is 34.2 Å². The number of carbonyl (C=O) groups excluding carboxylic acids is 2. The number of nitrogens with zero attached hydrogens (tertiary/aromatic N) is 5. The van der Waals surface area contributed by atoms with Crippen LogP contribution in [0.15, 0.2) is 47.6 Å². The number of hydrogen-bond acceptors (Lipinski definition) is 10. The largest absolute Gasteiger partial charge is 0.476 e. The number of nitrogens with one attached hydrogen (secondary N) is 2. The Kier molecular flexibility index (Phi) is 8.80. The van der Waals surface area contributed by atoms with E-state index in [4.69, 9.17) is 21.1 Å². The maximum Gasteiger partial charge on any atom is 0.410 e. The maximum absolute atomic E-state index is 13.2. The molecular weight excluding hydrogens is 694 g/mol. The lowest BCUT2D eigenvalue weighted by Crippen LogP contribution is -2.45. The Bertz CT molecular complexity index is 1930. The number of fused-ring (bicyclic) bond motifs is 1. The molecule has 2 spiro atoms. The molecule has 0 bridgehead atoms. The van der Waals surface area contributed by atoms with Crippen LogP contribution in [0.1, 0.15) is 89.9 Å². The fourth-order valence-electron chi connectivity index (χ4n) is 8.24. The van der Waals surface area contributed by atoms with E-state index in [1.807, 2.05) is 30.4 Å². The zero-order valence-electron chi connectivity index (χ0n) is 29.7. The van der Waals surface area contributed by atoms with Crippen LogP contribution in [0.25, 0.3) is 5.82 Å². The number of anilines is 1. The molecule has 7 rings (SSSR count). The second-order valence-corrected chi connectivity index (χ2v) is 18.1. The number of pyridine rings is 2. The van der Waals surface area contributed by atoms with Crippen LogP contribution in [0.4, 0.5) is 10.6 Å². The molecule has 3 aromatic rings. The first-order valence-electron chi connectivity index (χ1n) is 17.7. The summed E-state index contributed by atoms with van der Waals surface area (Å²) in [4.78, 5) is 36.1. The Balaban J connectivity index is 0.895. The summed E-state index contributed by atoms with van der Waals surface area (Å²) in [5.74, 6) is 1.22. The van der Waals surface area contributed by atoms with Crippen LogP contribution >= 0.6 is 11.6 Å². The Labute approximate surface area is 303 Å². The van der Waals surface area contributed by atoms with Crippen LogP contribution in [-0.2, 0) is 14.8 Å². The molecule has 1 aliphatic heterocycles. The monoisotopic (exact) mass is 739 g/mol. The molecule has 3 aliphatic carbocycles. The van der Waals surface area contributed by atoms with Gasteiger partial charge in [-0.05, 0) is 121 Å². The van der Waals surface area contributed by atoms with Gasteiger partial charge >= 0.3 is 6.09 Å². The zero-order chi connectivity index (χ0) is 36.4. The third kappa shape index (κ3) is 7.13. The number of carbonyl (C=O) groups is 2. The lowest BCUT2D eigenvalue weighted by molar-refractivity contribution is 0.0130. The summed E-state index contributed by atoms with van der Waals surface area (Å²) in [6.45, 7) is 11.5. The van der Waals surface area contributed by atoms with Crippen molar-refractivity contribution in [3.05, 3.63) is 53.3 Å². The molecule has 0 aromatic carbocycles. The second-order valence-electron chi connectivity index (χ2n) is 16.1. The smallest absolute Gasteiger partial charge is 0.410 e. The van der Waals surface area contributed by atoms with Crippen LogP contribution in [-0.4, -0.2) is 75.9 Å². The van der Waals surface area contributed by atoms with E-state index in [0.29, 0.717) is 59.9 Å². The summed E-state index contributed by atoms with van der Waals surface area (Å²) in [6, 6.07) is 9.22. The van der Waals surface area contributed by atoms with E-state index in [9.17, 15) is 18.0 Å². The third-order valence-corrected chi connectivity index (χ3v) is 12.5. The third-order valence-electron chi connectivity index (χ3n) is 11.0. The van der Waals surface area contributed by atoms with Crippen molar-refractivity contribution in [1.82, 2.24) is 29.4 Å². The highest BCUT2D eigenvalue weighted by molar-refractivity contribution is 7.90. The van der Waals surface area contributed by atoms with E-state index in [1.54, 1.807) is 24.4 Å². The van der Waals surface area contributed by atoms with Gasteiger partial charge in [-0.15, -0.1) is 5.10 Å². The number of ether oxygens (including phenoxy) is 2. The molecule has 1 atom stereocenters. The van der Waals surface area contributed by atoms with Crippen LogP contribution in [0, 0.1) is 22.7 Å². The summed E-state index contributed by atoms with van der Waals surface area (Å²) in [5, 5.41) is 7.13. The molecule has 4 fully saturated rings. The molecule has 15 heteroatoms. The Hall–Kier alpha value is -3.91. The van der Waals surface area contributed by atoms with Crippen LogP contribution in [0.2, 0.25) is 5.15 Å². The number of hydrogen-bond donors (Lipinski definition) is 2. The van der Waals surface area contributed by atoms with Gasteiger partial charge in [-0.2, -0.15) is 8.42 Å². The molecule has 2 N–H and O–H groups in total. The van der Waals surface area contributed by atoms with Gasteiger partial charge in [-0.25, -0.2) is 24.2 Å². The van der Waals surface area contributed by atoms with Gasteiger partial charge in [0, 0.05) is 36.8 Å². The molecule has 4 aliphatic rings. The van der Waals surface area contributed by atoms with Crippen molar-refractivity contribution in [3.63, 3.8) is 0 Å². The molecule has 3 aromatic heterocycles. The predicted octanol–water partition coefficient (Wildman–Crippen LogP) is 6.23. The molecule has 4 heterocycles. The number of amides is 2. The minimum atomic E-state index is -4.33. The van der Waals surface area contributed by atoms with Gasteiger partial charge in [0.1, 0.15) is 16.6 Å². The van der Waals surface area contributed by atoms with Crippen molar-refractivity contribution >= 4 is 39.4 Å². The second kappa shape index (κ2) is 12.6. The molecule has 0 radical (unpaired) electrons. The summed E-state index contributed by atoms with van der Waals surface area (Å²) < 4.78 is 41.5. The fraction of sp³-hybridized carbons (Fsp3) is 0.583. The van der Waals surface area contributed by atoms with Crippen molar-refractivity contribution < 1.29 is 27.5 Å². The highest BCUT2D eigenvalue weighted by Crippen LogP contribution is 2.92. The predicted molar refractivity (Wildman–Crippen MR) is 190 cm³/mol. The quantitative estimate of drug-likeness (QED) is 0.161. The number of likely N-dealkylation sites (tertiary alicyclic amines) is 1. The summed E-state index contributed by atoms with van der Waals surface area (Å²) in [5.41, 5.74) is 0.131. The van der Waals surface area contributed by atoms with E-state index < -0.39 is 21.5 Å². The molecular formula is C36H46ClN7O6S. The zero-order valence-corrected chi connectivity index (χ0v) is 31.3. The van der Waals surface area contributed by atoms with Gasteiger partial charge in [0.25, 0.3) is 15.9 Å². The molecule has 274 valence electrons. The van der Waals surface area contributed by atoms with Crippen LogP contribution < -0.4 is 14.8 Å². The SMILES string of the molecule is CC(C)(C)OC(=O)N1CC(CCCNc2cccc(S(=O)(=O)NC(=O)c3ccc(-n4ccc(OCC5C6(CC6)C56CC6)n4)nc3Cl)n2)CC1(C)C. The Morgan fingerprint density at radius 3 is 2.43 bits per heavy atom. The molecule has 13 nitrogen and oxygen atoms in total. The van der Waals surface area contributed by atoms with Gasteiger partial charge in [0.2, 0.25) is 5.88 Å². The number of rotatable bonds is 12. The van der Waals surface area contributed by atoms with Crippen molar-refractivity contribution in [2.24, 2.45) is 22.7 Å². The minimum Gasteiger partial charge on any atom is -0.476 e. The van der Waals surface area contributed by atoms with Gasteiger partial charge in [0.05, 0.1) is 12.2 Å². The molecule has 1 unspecified atom stereocenters. The maximum atomic E-state index is 13.2. The van der Waals surface area contributed by atoms with Crippen molar-refractivity contribution in [1.29, 1.82) is 0 Å². The topological polar surface area (TPSA) is 158 Å². The van der Waals surface area contributed by atoms with E-state index in [-0.39, 0.29) is 27.4 Å². The molecule has 1 saturated heterocycles. The van der Waals surface area contributed by atoms with Gasteiger partial charge in [0.15, 0.2) is 10.8 Å². The van der Waals surface area contributed by atoms with Crippen molar-refractivity contribution in [2.75, 3.05) is 25.0 Å². The summed E-state index contributed by atoms with van der Waals surface area (Å²) in [7, 11) is -4.33. The van der Waals surface area contributed by atoms with Gasteiger partial charge < -0.3 is 19.7 Å². The van der Waals surface area contributed by atoms with E-state index in [1.165, 1.54) is 48.6 Å². The first-order chi connectivity index (χ1) is 24.0. The van der Waals surface area contributed by atoms with Gasteiger partial charge in [-0.3, -0.25) is 4.79 Å². The number of aromatic nitrogens is 4. The standard InChI is InChI=1S/C36H46ClN7O6S/c1-33(2,3)50-32(46)43-21-23(20-34(43,4)5)8-7-18-38-26-9-6-10-29(39-26)51(47,48)42-31(45)24-11-12-27(40-30(24)37)44-19-13-28(41-44)49-22-25-35(14-15-35)36(25)16-17-36/h6,9-13,19,23,25H,7-8,14-18,20-22H2,1-5H3,(H,38,39)(H,42,45). The normalized spacial score (nSPS) is 21.1. The minimum absolute atomic E-state index is 0.111. The van der Waals surface area contributed by atoms with E-state index in [0.717, 1.165) is 19.3 Å². The summed E-state index contributed by atoms with van der Waals surface area (Å²) in [6.07, 6.45) is 9.20. The van der Waals surface area contributed by atoms with E-state index >= 15 is 0 Å². The highest BCUT2D eigenvalue weighted by atomic mass is 35.5. The first-order valence-corrected chi connectivity index (χ1v) is 19.5. The highest BCUT2D eigenvalue weighted by Gasteiger charge is 2.86. The Morgan fingerprint density at radius 2 is 1.76 bits per heavy atom. The molecule has 3 saturated carbocycles. The van der Waals surface area contributed by atoms with Crippen molar-refractivity contribution in [2.45, 2.75) is 95.7 Å². The molecule has 2 amide bonds. The average molecular weight is 740 g/mol. The Morgan fingerprint density at radius 1 is 1.04 bits per heavy atom. The number of halogens is 1. The average Bonchev–Trinajstić information content (AvgIpc) is 4.00. The molecule has 51 heavy (non-hydrogen) atoms. The fourth-order valence-corrected chi connectivity index (χ4v) is 9.41. The van der Waals surface area contributed by atoms with Crippen LogP contribution in [0.5, 0.6) is 5.88 Å².